The van der Waals surface area contributed by atoms with Crippen LogP contribution in [0, 0.1) is 0 Å². The van der Waals surface area contributed by atoms with E-state index in [1.165, 1.54) is 5.56 Å². The number of nitrogens with zero attached hydrogens (tertiary/aromatic N) is 1. The zero-order valence-electron chi connectivity index (χ0n) is 11.0. The molecule has 0 fully saturated rings. The minimum atomic E-state index is 0.240. The summed E-state index contributed by atoms with van der Waals surface area (Å²) in [6.07, 6.45) is 2.99. The smallest absolute Gasteiger partial charge is 0.0597 e. The Kier molecular flexibility index (Phi) is 4.00. The summed E-state index contributed by atoms with van der Waals surface area (Å²) in [6.45, 7) is 0. The van der Waals surface area contributed by atoms with E-state index in [9.17, 15) is 0 Å². The van der Waals surface area contributed by atoms with Gasteiger partial charge in [0.25, 0.3) is 0 Å². The second kappa shape index (κ2) is 5.90. The molecule has 20 heavy (non-hydrogen) atoms. The van der Waals surface area contributed by atoms with Crippen molar-refractivity contribution in [2.45, 2.75) is 12.5 Å². The van der Waals surface area contributed by atoms with Crippen molar-refractivity contribution in [3.05, 3.63) is 71.4 Å². The fraction of sp³-hybridized carbons (Fsp3) is 0.176. The van der Waals surface area contributed by atoms with Gasteiger partial charge in [-0.15, -0.1) is 11.6 Å². The zero-order chi connectivity index (χ0) is 13.9. The number of alkyl halides is 1. The van der Waals surface area contributed by atoms with E-state index in [1.807, 2.05) is 18.2 Å². The lowest BCUT2D eigenvalue weighted by Gasteiger charge is -2.20. The Balaban J connectivity index is 2.13. The van der Waals surface area contributed by atoms with Gasteiger partial charge < -0.3 is 4.57 Å². The van der Waals surface area contributed by atoms with Crippen LogP contribution in [0.15, 0.2) is 60.8 Å². The maximum Gasteiger partial charge on any atom is 0.0597 e. The van der Waals surface area contributed by atoms with E-state index in [0.717, 1.165) is 22.3 Å². The molecule has 0 spiro atoms. The van der Waals surface area contributed by atoms with Gasteiger partial charge in [0, 0.05) is 22.5 Å². The minimum Gasteiger partial charge on any atom is -0.340 e. The van der Waals surface area contributed by atoms with Crippen LogP contribution in [0.2, 0.25) is 5.02 Å². The van der Waals surface area contributed by atoms with Gasteiger partial charge in [-0.3, -0.25) is 0 Å². The van der Waals surface area contributed by atoms with E-state index < -0.39 is 0 Å². The highest BCUT2D eigenvalue weighted by Crippen LogP contribution is 2.31. The molecule has 1 aromatic heterocycles. The van der Waals surface area contributed by atoms with Crippen LogP contribution in [0.4, 0.5) is 0 Å². The summed E-state index contributed by atoms with van der Waals surface area (Å²) in [5.41, 5.74) is 2.42. The Hall–Kier alpha value is -1.44. The fourth-order valence-electron chi connectivity index (χ4n) is 2.67. The summed E-state index contributed by atoms with van der Waals surface area (Å²) in [7, 11) is 0. The molecule has 2 aromatic carbocycles. The zero-order valence-corrected chi connectivity index (χ0v) is 12.5. The number of fused-ring (bicyclic) bond motifs is 1. The van der Waals surface area contributed by atoms with Crippen molar-refractivity contribution < 1.29 is 0 Å². The number of hydrogen-bond donors (Lipinski definition) is 0. The number of hydrogen-bond acceptors (Lipinski definition) is 0. The molecule has 1 atom stereocenters. The molecule has 3 rings (SSSR count). The molecule has 0 radical (unpaired) electrons. The molecular weight excluding hydrogens is 289 g/mol. The molecule has 1 nitrogen and oxygen atoms in total. The Bertz CT molecular complexity index is 703. The van der Waals surface area contributed by atoms with Crippen molar-refractivity contribution in [3.8, 4) is 0 Å². The Morgan fingerprint density at radius 1 is 0.950 bits per heavy atom. The highest BCUT2D eigenvalue weighted by Gasteiger charge is 2.15. The minimum absolute atomic E-state index is 0.240. The largest absolute Gasteiger partial charge is 0.340 e. The molecule has 102 valence electrons. The third-order valence-corrected chi connectivity index (χ3v) is 4.16. The van der Waals surface area contributed by atoms with E-state index in [-0.39, 0.29) is 6.04 Å². The third kappa shape index (κ3) is 2.44. The molecule has 0 aliphatic rings. The quantitative estimate of drug-likeness (QED) is 0.560. The number of aromatic nitrogens is 1. The van der Waals surface area contributed by atoms with Crippen LogP contribution in [0.25, 0.3) is 10.9 Å². The lowest BCUT2D eigenvalue weighted by Crippen LogP contribution is -2.10. The molecule has 1 heterocycles. The topological polar surface area (TPSA) is 4.93 Å². The Morgan fingerprint density at radius 2 is 1.75 bits per heavy atom. The standard InChI is InChI=1S/C17H15Cl2N/c18-11-9-16(13-5-2-1-3-6-13)20-12-10-14-15(19)7-4-8-17(14)20/h1-8,10,12,16H,9,11H2/t16-/m0/s1. The molecule has 0 unspecified atom stereocenters. The lowest BCUT2D eigenvalue weighted by atomic mass is 10.0. The first-order valence-electron chi connectivity index (χ1n) is 6.67. The van der Waals surface area contributed by atoms with E-state index in [1.54, 1.807) is 0 Å². The number of rotatable bonds is 4. The number of benzene rings is 2. The van der Waals surface area contributed by atoms with Crippen LogP contribution in [-0.4, -0.2) is 10.4 Å². The van der Waals surface area contributed by atoms with Crippen molar-refractivity contribution >= 4 is 34.1 Å². The van der Waals surface area contributed by atoms with Gasteiger partial charge in [-0.25, -0.2) is 0 Å². The van der Waals surface area contributed by atoms with Crippen LogP contribution in [0.5, 0.6) is 0 Å². The summed E-state index contributed by atoms with van der Waals surface area (Å²) >= 11 is 12.3. The van der Waals surface area contributed by atoms with Crippen LogP contribution in [0.3, 0.4) is 0 Å². The van der Waals surface area contributed by atoms with Crippen molar-refractivity contribution in [1.82, 2.24) is 4.57 Å². The molecule has 0 aliphatic heterocycles. The van der Waals surface area contributed by atoms with Crippen molar-refractivity contribution in [3.63, 3.8) is 0 Å². The highest BCUT2D eigenvalue weighted by molar-refractivity contribution is 6.35. The van der Waals surface area contributed by atoms with E-state index in [4.69, 9.17) is 23.2 Å². The predicted molar refractivity (Wildman–Crippen MR) is 86.9 cm³/mol. The molecular formula is C17H15Cl2N. The lowest BCUT2D eigenvalue weighted by molar-refractivity contribution is 0.588. The van der Waals surface area contributed by atoms with Crippen LogP contribution in [-0.2, 0) is 0 Å². The van der Waals surface area contributed by atoms with E-state index in [2.05, 4.69) is 47.2 Å². The van der Waals surface area contributed by atoms with Crippen molar-refractivity contribution in [1.29, 1.82) is 0 Å². The summed E-state index contributed by atoms with van der Waals surface area (Å²) in [6, 6.07) is 18.8. The summed E-state index contributed by atoms with van der Waals surface area (Å²) in [5.74, 6) is 0.625. The van der Waals surface area contributed by atoms with E-state index in [0.29, 0.717) is 5.88 Å². The summed E-state index contributed by atoms with van der Waals surface area (Å²) in [5, 5.41) is 1.88. The van der Waals surface area contributed by atoms with Gasteiger partial charge in [-0.1, -0.05) is 48.0 Å². The molecule has 0 bridgehead atoms. The molecule has 0 saturated heterocycles. The molecule has 3 heteroatoms. The van der Waals surface area contributed by atoms with Gasteiger partial charge in [0.05, 0.1) is 11.6 Å². The van der Waals surface area contributed by atoms with Crippen LogP contribution >= 0.6 is 23.2 Å². The predicted octanol–water partition coefficient (Wildman–Crippen LogP) is 5.51. The van der Waals surface area contributed by atoms with Gasteiger partial charge >= 0.3 is 0 Å². The van der Waals surface area contributed by atoms with Gasteiger partial charge in [0.1, 0.15) is 0 Å². The Labute approximate surface area is 128 Å². The average molecular weight is 304 g/mol. The van der Waals surface area contributed by atoms with Gasteiger partial charge in [0.2, 0.25) is 0 Å². The van der Waals surface area contributed by atoms with Crippen LogP contribution < -0.4 is 0 Å². The van der Waals surface area contributed by atoms with Crippen molar-refractivity contribution in [2.75, 3.05) is 5.88 Å². The molecule has 0 aliphatic carbocycles. The van der Waals surface area contributed by atoms with E-state index >= 15 is 0 Å². The molecule has 0 N–H and O–H groups in total. The van der Waals surface area contributed by atoms with Gasteiger partial charge in [-0.05, 0) is 30.2 Å². The van der Waals surface area contributed by atoms with Gasteiger partial charge in [0.15, 0.2) is 0 Å². The monoisotopic (exact) mass is 303 g/mol. The number of halogens is 2. The highest BCUT2D eigenvalue weighted by atomic mass is 35.5. The first-order valence-corrected chi connectivity index (χ1v) is 7.58. The summed E-state index contributed by atoms with van der Waals surface area (Å²) in [4.78, 5) is 0. The average Bonchev–Trinajstić information content (AvgIpc) is 2.91. The first-order chi connectivity index (χ1) is 9.81. The maximum absolute atomic E-state index is 6.26. The maximum atomic E-state index is 6.26. The Morgan fingerprint density at radius 3 is 2.50 bits per heavy atom. The van der Waals surface area contributed by atoms with Gasteiger partial charge in [-0.2, -0.15) is 0 Å². The second-order valence-electron chi connectivity index (χ2n) is 4.80. The molecule has 3 aromatic rings. The van der Waals surface area contributed by atoms with Crippen molar-refractivity contribution in [2.24, 2.45) is 0 Å². The third-order valence-electron chi connectivity index (χ3n) is 3.61. The molecule has 0 saturated carbocycles. The molecule has 0 amide bonds. The normalized spacial score (nSPS) is 12.7. The fourth-order valence-corrected chi connectivity index (χ4v) is 3.11. The second-order valence-corrected chi connectivity index (χ2v) is 5.58. The summed E-state index contributed by atoms with van der Waals surface area (Å²) < 4.78 is 2.26. The first kappa shape index (κ1) is 13.5. The van der Waals surface area contributed by atoms with Crippen LogP contribution in [0.1, 0.15) is 18.0 Å². The SMILES string of the molecule is ClCC[C@@H](c1ccccc1)n1ccc2c(Cl)cccc21.